The van der Waals surface area contributed by atoms with E-state index in [0.29, 0.717) is 11.8 Å². The van der Waals surface area contributed by atoms with E-state index in [0.717, 1.165) is 25.7 Å². The molecule has 70 valence electrons. The van der Waals surface area contributed by atoms with Crippen molar-refractivity contribution in [1.29, 1.82) is 0 Å². The molecule has 1 fully saturated rings. The van der Waals surface area contributed by atoms with Crippen molar-refractivity contribution in [2.45, 2.75) is 39.5 Å². The van der Waals surface area contributed by atoms with Gasteiger partial charge in [0.05, 0.1) is 5.92 Å². The summed E-state index contributed by atoms with van der Waals surface area (Å²) in [6, 6.07) is 0. The van der Waals surface area contributed by atoms with Gasteiger partial charge in [0.15, 0.2) is 0 Å². The minimum absolute atomic E-state index is 0.0649. The van der Waals surface area contributed by atoms with Gasteiger partial charge in [-0.15, -0.1) is 0 Å². The number of hydrogen-bond donors (Lipinski definition) is 1. The van der Waals surface area contributed by atoms with Crippen molar-refractivity contribution in [3.8, 4) is 0 Å². The Morgan fingerprint density at radius 3 is 2.67 bits per heavy atom. The number of aliphatic carboxylic acids is 1. The molecule has 12 heavy (non-hydrogen) atoms. The van der Waals surface area contributed by atoms with Crippen LogP contribution < -0.4 is 0 Å². The maximum atomic E-state index is 10.9. The summed E-state index contributed by atoms with van der Waals surface area (Å²) in [5.74, 6) is 0.185. The lowest BCUT2D eigenvalue weighted by Gasteiger charge is -2.17. The topological polar surface area (TPSA) is 37.3 Å². The monoisotopic (exact) mass is 170 g/mol. The lowest BCUT2D eigenvalue weighted by molar-refractivity contribution is -0.144. The number of carbonyl (C=O) groups is 1. The van der Waals surface area contributed by atoms with E-state index in [9.17, 15) is 4.79 Å². The van der Waals surface area contributed by atoms with E-state index in [-0.39, 0.29) is 5.92 Å². The molecule has 1 aliphatic rings. The Morgan fingerprint density at radius 1 is 1.50 bits per heavy atom. The van der Waals surface area contributed by atoms with Crippen LogP contribution in [-0.4, -0.2) is 11.1 Å². The summed E-state index contributed by atoms with van der Waals surface area (Å²) in [4.78, 5) is 10.9. The molecule has 1 saturated carbocycles. The zero-order valence-electron chi connectivity index (χ0n) is 7.92. The minimum Gasteiger partial charge on any atom is -0.481 e. The smallest absolute Gasteiger partial charge is 0.307 e. The highest BCUT2D eigenvalue weighted by Crippen LogP contribution is 2.39. The highest BCUT2D eigenvalue weighted by Gasteiger charge is 2.37. The summed E-state index contributed by atoms with van der Waals surface area (Å²) in [7, 11) is 0. The van der Waals surface area contributed by atoms with Gasteiger partial charge in [-0.1, -0.05) is 20.3 Å². The van der Waals surface area contributed by atoms with Gasteiger partial charge in [-0.05, 0) is 31.1 Å². The Balaban J connectivity index is 2.57. The molecule has 1 rings (SSSR count). The molecule has 0 radical (unpaired) electrons. The van der Waals surface area contributed by atoms with Gasteiger partial charge in [0.25, 0.3) is 0 Å². The van der Waals surface area contributed by atoms with Gasteiger partial charge in [-0.3, -0.25) is 4.79 Å². The summed E-state index contributed by atoms with van der Waals surface area (Å²) in [6.45, 7) is 4.19. The van der Waals surface area contributed by atoms with Gasteiger partial charge >= 0.3 is 5.97 Å². The molecule has 0 aromatic heterocycles. The van der Waals surface area contributed by atoms with Crippen LogP contribution in [-0.2, 0) is 4.79 Å². The van der Waals surface area contributed by atoms with Gasteiger partial charge in [-0.2, -0.15) is 0 Å². The van der Waals surface area contributed by atoms with Crippen LogP contribution in [0.1, 0.15) is 39.5 Å². The summed E-state index contributed by atoms with van der Waals surface area (Å²) < 4.78 is 0. The third kappa shape index (κ3) is 1.79. The first-order valence-electron chi connectivity index (χ1n) is 4.89. The number of hydrogen-bond acceptors (Lipinski definition) is 1. The quantitative estimate of drug-likeness (QED) is 0.706. The van der Waals surface area contributed by atoms with Crippen molar-refractivity contribution in [2.24, 2.45) is 17.8 Å². The predicted octanol–water partition coefficient (Wildman–Crippen LogP) is 2.53. The Bertz CT molecular complexity index is 163. The first kappa shape index (κ1) is 9.56. The van der Waals surface area contributed by atoms with E-state index < -0.39 is 5.97 Å². The Kier molecular flexibility index (Phi) is 3.12. The van der Waals surface area contributed by atoms with Crippen LogP contribution in [0.5, 0.6) is 0 Å². The van der Waals surface area contributed by atoms with E-state index in [4.69, 9.17) is 5.11 Å². The molecule has 2 nitrogen and oxygen atoms in total. The standard InChI is InChI=1S/C10H18O2/c1-3-4-8-6-5-7(2)9(8)10(11)12/h7-9H,3-6H2,1-2H3,(H,11,12)/t7?,8-,9-/m0/s1. The average Bonchev–Trinajstić information content (AvgIpc) is 2.32. The molecule has 0 heterocycles. The second kappa shape index (κ2) is 3.92. The second-order valence-corrected chi connectivity index (χ2v) is 3.97. The molecule has 1 aliphatic carbocycles. The molecular weight excluding hydrogens is 152 g/mol. The van der Waals surface area contributed by atoms with Crippen LogP contribution in [0.2, 0.25) is 0 Å². The first-order valence-corrected chi connectivity index (χ1v) is 4.89. The van der Waals surface area contributed by atoms with E-state index in [1.807, 2.05) is 0 Å². The van der Waals surface area contributed by atoms with Gasteiger partial charge in [0.1, 0.15) is 0 Å². The van der Waals surface area contributed by atoms with Gasteiger partial charge in [0.2, 0.25) is 0 Å². The van der Waals surface area contributed by atoms with Crippen molar-refractivity contribution in [3.63, 3.8) is 0 Å². The zero-order valence-corrected chi connectivity index (χ0v) is 7.92. The van der Waals surface area contributed by atoms with E-state index >= 15 is 0 Å². The SMILES string of the molecule is CCC[C@H]1CCC(C)[C@@H]1C(=O)O. The lowest BCUT2D eigenvalue weighted by atomic mass is 9.88. The maximum absolute atomic E-state index is 10.9. The molecule has 1 N–H and O–H groups in total. The third-order valence-corrected chi connectivity index (χ3v) is 3.06. The molecule has 0 bridgehead atoms. The molecule has 0 aliphatic heterocycles. The molecule has 0 saturated heterocycles. The first-order chi connectivity index (χ1) is 5.66. The highest BCUT2D eigenvalue weighted by molar-refractivity contribution is 5.71. The van der Waals surface area contributed by atoms with Crippen LogP contribution in [0.3, 0.4) is 0 Å². The number of rotatable bonds is 3. The molecule has 0 aromatic rings. The summed E-state index contributed by atoms with van der Waals surface area (Å²) in [5.41, 5.74) is 0. The van der Waals surface area contributed by atoms with Crippen molar-refractivity contribution in [3.05, 3.63) is 0 Å². The van der Waals surface area contributed by atoms with Crippen LogP contribution >= 0.6 is 0 Å². The normalized spacial score (nSPS) is 35.3. The van der Waals surface area contributed by atoms with Crippen molar-refractivity contribution in [1.82, 2.24) is 0 Å². The summed E-state index contributed by atoms with van der Waals surface area (Å²) in [5, 5.41) is 8.98. The summed E-state index contributed by atoms with van der Waals surface area (Å²) >= 11 is 0. The highest BCUT2D eigenvalue weighted by atomic mass is 16.4. The molecule has 3 atom stereocenters. The largest absolute Gasteiger partial charge is 0.481 e. The molecule has 2 heteroatoms. The molecular formula is C10H18O2. The van der Waals surface area contributed by atoms with Crippen LogP contribution in [0.15, 0.2) is 0 Å². The number of carboxylic acid groups (broad SMARTS) is 1. The molecule has 0 aromatic carbocycles. The predicted molar refractivity (Wildman–Crippen MR) is 47.9 cm³/mol. The van der Waals surface area contributed by atoms with E-state index in [2.05, 4.69) is 13.8 Å². The van der Waals surface area contributed by atoms with Crippen LogP contribution in [0.25, 0.3) is 0 Å². The van der Waals surface area contributed by atoms with Gasteiger partial charge < -0.3 is 5.11 Å². The Hall–Kier alpha value is -0.530. The summed E-state index contributed by atoms with van der Waals surface area (Å²) in [6.07, 6.45) is 4.41. The molecule has 0 spiro atoms. The zero-order chi connectivity index (χ0) is 9.14. The van der Waals surface area contributed by atoms with Gasteiger partial charge in [0, 0.05) is 0 Å². The van der Waals surface area contributed by atoms with Crippen molar-refractivity contribution >= 4 is 5.97 Å². The fourth-order valence-electron chi connectivity index (χ4n) is 2.44. The third-order valence-electron chi connectivity index (χ3n) is 3.06. The number of carboxylic acids is 1. The lowest BCUT2D eigenvalue weighted by Crippen LogP contribution is -2.22. The molecule has 1 unspecified atom stereocenters. The van der Waals surface area contributed by atoms with Crippen molar-refractivity contribution < 1.29 is 9.90 Å². The average molecular weight is 170 g/mol. The Morgan fingerprint density at radius 2 is 2.17 bits per heavy atom. The second-order valence-electron chi connectivity index (χ2n) is 3.97. The van der Waals surface area contributed by atoms with E-state index in [1.165, 1.54) is 0 Å². The maximum Gasteiger partial charge on any atom is 0.307 e. The fourth-order valence-corrected chi connectivity index (χ4v) is 2.44. The van der Waals surface area contributed by atoms with E-state index in [1.54, 1.807) is 0 Å². The molecule has 0 amide bonds. The van der Waals surface area contributed by atoms with Gasteiger partial charge in [-0.25, -0.2) is 0 Å². The van der Waals surface area contributed by atoms with Crippen LogP contribution in [0, 0.1) is 17.8 Å². The fraction of sp³-hybridized carbons (Fsp3) is 0.900. The van der Waals surface area contributed by atoms with Crippen molar-refractivity contribution in [2.75, 3.05) is 0 Å². The minimum atomic E-state index is -0.585. The van der Waals surface area contributed by atoms with Crippen LogP contribution in [0.4, 0.5) is 0 Å². The Labute approximate surface area is 74.0 Å².